The summed E-state index contributed by atoms with van der Waals surface area (Å²) in [6.45, 7) is 4.31. The number of nitrogens with two attached hydrogens (primary N) is 1. The maximum absolute atomic E-state index is 12.1. The summed E-state index contributed by atoms with van der Waals surface area (Å²) in [7, 11) is 0. The topological polar surface area (TPSA) is 70.9 Å². The molecule has 1 aromatic carbocycles. The van der Waals surface area contributed by atoms with Crippen LogP contribution in [0.3, 0.4) is 0 Å². The third-order valence-electron chi connectivity index (χ3n) is 3.71. The molecule has 0 saturated heterocycles. The van der Waals surface area contributed by atoms with Crippen LogP contribution in [-0.2, 0) is 0 Å². The normalized spacial score (nSPS) is 20.9. The molecular weight excluding hydrogens is 226 g/mol. The summed E-state index contributed by atoms with van der Waals surface area (Å²) >= 11 is 0. The highest BCUT2D eigenvalue weighted by molar-refractivity contribution is 5.98. The van der Waals surface area contributed by atoms with Gasteiger partial charge in [-0.05, 0) is 36.1 Å². The van der Waals surface area contributed by atoms with E-state index < -0.39 is 0 Å². The first-order chi connectivity index (χ1) is 8.45. The molecule has 1 aliphatic carbocycles. The van der Waals surface area contributed by atoms with Crippen molar-refractivity contribution in [3.63, 3.8) is 0 Å². The monoisotopic (exact) mass is 243 g/mol. The zero-order chi connectivity index (χ0) is 12.9. The molecule has 94 valence electrons. The van der Waals surface area contributed by atoms with Gasteiger partial charge in [0.15, 0.2) is 0 Å². The lowest BCUT2D eigenvalue weighted by Crippen LogP contribution is -2.28. The van der Waals surface area contributed by atoms with Crippen molar-refractivity contribution >= 4 is 22.5 Å². The Kier molecular flexibility index (Phi) is 2.17. The Hall–Kier alpha value is -1.97. The Labute approximate surface area is 106 Å². The molecule has 1 unspecified atom stereocenters. The quantitative estimate of drug-likeness (QED) is 0.708. The summed E-state index contributed by atoms with van der Waals surface area (Å²) in [5.41, 5.74) is 8.20. The summed E-state index contributed by atoms with van der Waals surface area (Å²) in [5, 5.41) is 4.00. The first-order valence-corrected chi connectivity index (χ1v) is 6.15. The predicted octanol–water partition coefficient (Wildman–Crippen LogP) is 2.28. The van der Waals surface area contributed by atoms with Crippen LogP contribution in [0.15, 0.2) is 24.3 Å². The number of nitrogens with one attached hydrogen (secondary N) is 2. The van der Waals surface area contributed by atoms with Crippen LogP contribution in [0.25, 0.3) is 10.9 Å². The van der Waals surface area contributed by atoms with Crippen LogP contribution in [0.2, 0.25) is 0 Å². The molecule has 0 aliphatic heterocycles. The van der Waals surface area contributed by atoms with Gasteiger partial charge in [0.2, 0.25) is 0 Å². The van der Waals surface area contributed by atoms with Crippen LogP contribution in [0.1, 0.15) is 30.8 Å². The molecule has 1 fully saturated rings. The lowest BCUT2D eigenvalue weighted by atomic mass is 10.2. The van der Waals surface area contributed by atoms with Gasteiger partial charge in [-0.2, -0.15) is 0 Å². The maximum atomic E-state index is 12.1. The molecule has 1 amide bonds. The van der Waals surface area contributed by atoms with Gasteiger partial charge in [0.05, 0.1) is 0 Å². The third kappa shape index (κ3) is 1.83. The van der Waals surface area contributed by atoms with Crippen LogP contribution < -0.4 is 11.1 Å². The number of aromatic nitrogens is 1. The molecule has 4 nitrogen and oxygen atoms in total. The van der Waals surface area contributed by atoms with Crippen LogP contribution in [0.4, 0.5) is 5.69 Å². The zero-order valence-electron chi connectivity index (χ0n) is 10.6. The Morgan fingerprint density at radius 3 is 2.83 bits per heavy atom. The van der Waals surface area contributed by atoms with E-state index >= 15 is 0 Å². The SMILES string of the molecule is CC1(C)CC1NC(=O)c1cc2cc(N)ccc2[nH]1. The number of hydrogen-bond acceptors (Lipinski definition) is 2. The van der Waals surface area contributed by atoms with Gasteiger partial charge >= 0.3 is 0 Å². The molecule has 1 aromatic heterocycles. The minimum atomic E-state index is -0.0413. The van der Waals surface area contributed by atoms with Crippen LogP contribution in [-0.4, -0.2) is 16.9 Å². The second kappa shape index (κ2) is 3.51. The fourth-order valence-corrected chi connectivity index (χ4v) is 2.22. The van der Waals surface area contributed by atoms with E-state index in [4.69, 9.17) is 5.73 Å². The van der Waals surface area contributed by atoms with Crippen molar-refractivity contribution in [1.29, 1.82) is 0 Å². The number of H-pyrrole nitrogens is 1. The average Bonchev–Trinajstić information content (AvgIpc) is 2.74. The molecule has 3 rings (SSSR count). The van der Waals surface area contributed by atoms with Gasteiger partial charge in [-0.3, -0.25) is 4.79 Å². The van der Waals surface area contributed by atoms with Crippen LogP contribution >= 0.6 is 0 Å². The lowest BCUT2D eigenvalue weighted by molar-refractivity contribution is 0.0942. The summed E-state index contributed by atoms with van der Waals surface area (Å²) in [6, 6.07) is 7.72. The highest BCUT2D eigenvalue weighted by Gasteiger charge is 2.46. The van der Waals surface area contributed by atoms with E-state index in [0.29, 0.717) is 17.4 Å². The Bertz CT molecular complexity index is 627. The van der Waals surface area contributed by atoms with E-state index in [-0.39, 0.29) is 11.3 Å². The molecule has 2 aromatic rings. The number of rotatable bonds is 2. The standard InChI is InChI=1S/C14H17N3O/c1-14(2)7-12(14)17-13(18)11-6-8-5-9(15)3-4-10(8)16-11/h3-6,12,16H,7,15H2,1-2H3,(H,17,18). The number of anilines is 1. The number of nitrogen functional groups attached to an aromatic ring is 1. The molecular formula is C14H17N3O. The molecule has 1 atom stereocenters. The molecule has 0 radical (unpaired) electrons. The first kappa shape index (κ1) is 11.1. The van der Waals surface area contributed by atoms with E-state index in [9.17, 15) is 4.79 Å². The average molecular weight is 243 g/mol. The number of aromatic amines is 1. The van der Waals surface area contributed by atoms with Crippen molar-refractivity contribution in [1.82, 2.24) is 10.3 Å². The minimum Gasteiger partial charge on any atom is -0.399 e. The highest BCUT2D eigenvalue weighted by atomic mass is 16.2. The van der Waals surface area contributed by atoms with Gasteiger partial charge < -0.3 is 16.0 Å². The van der Waals surface area contributed by atoms with E-state index in [0.717, 1.165) is 17.3 Å². The van der Waals surface area contributed by atoms with E-state index in [1.165, 1.54) is 0 Å². The van der Waals surface area contributed by atoms with E-state index in [1.807, 2.05) is 24.3 Å². The highest BCUT2D eigenvalue weighted by Crippen LogP contribution is 2.44. The molecule has 0 bridgehead atoms. The van der Waals surface area contributed by atoms with E-state index in [2.05, 4.69) is 24.1 Å². The number of amides is 1. The lowest BCUT2D eigenvalue weighted by Gasteiger charge is -2.04. The number of carbonyl (C=O) groups is 1. The Balaban J connectivity index is 1.83. The molecule has 4 N–H and O–H groups in total. The van der Waals surface area contributed by atoms with Gasteiger partial charge in [0, 0.05) is 22.6 Å². The van der Waals surface area contributed by atoms with Crippen molar-refractivity contribution in [2.24, 2.45) is 5.41 Å². The van der Waals surface area contributed by atoms with Crippen LogP contribution in [0, 0.1) is 5.41 Å². The summed E-state index contributed by atoms with van der Waals surface area (Å²) < 4.78 is 0. The fourth-order valence-electron chi connectivity index (χ4n) is 2.22. The van der Waals surface area contributed by atoms with Crippen LogP contribution in [0.5, 0.6) is 0 Å². The molecule has 18 heavy (non-hydrogen) atoms. The fraction of sp³-hybridized carbons (Fsp3) is 0.357. The summed E-state index contributed by atoms with van der Waals surface area (Å²) in [6.07, 6.45) is 1.05. The van der Waals surface area contributed by atoms with Gasteiger partial charge in [0.1, 0.15) is 5.69 Å². The number of hydrogen-bond donors (Lipinski definition) is 3. The molecule has 4 heteroatoms. The molecule has 1 heterocycles. The number of benzene rings is 1. The third-order valence-corrected chi connectivity index (χ3v) is 3.71. The second-order valence-electron chi connectivity index (χ2n) is 5.75. The van der Waals surface area contributed by atoms with Crippen molar-refractivity contribution in [2.45, 2.75) is 26.3 Å². The summed E-state index contributed by atoms with van der Waals surface area (Å²) in [5.74, 6) is -0.0413. The van der Waals surface area contributed by atoms with Crippen molar-refractivity contribution in [2.75, 3.05) is 5.73 Å². The molecule has 1 aliphatic rings. The molecule has 1 saturated carbocycles. The van der Waals surface area contributed by atoms with E-state index in [1.54, 1.807) is 0 Å². The van der Waals surface area contributed by atoms with Crippen molar-refractivity contribution < 1.29 is 4.79 Å². The smallest absolute Gasteiger partial charge is 0.267 e. The van der Waals surface area contributed by atoms with Gasteiger partial charge in [-0.15, -0.1) is 0 Å². The Morgan fingerprint density at radius 1 is 1.44 bits per heavy atom. The maximum Gasteiger partial charge on any atom is 0.267 e. The van der Waals surface area contributed by atoms with Gasteiger partial charge in [-0.25, -0.2) is 0 Å². The first-order valence-electron chi connectivity index (χ1n) is 6.15. The largest absolute Gasteiger partial charge is 0.399 e. The van der Waals surface area contributed by atoms with Gasteiger partial charge in [0.25, 0.3) is 5.91 Å². The van der Waals surface area contributed by atoms with Gasteiger partial charge in [-0.1, -0.05) is 13.8 Å². The number of carbonyl (C=O) groups excluding carboxylic acids is 1. The second-order valence-corrected chi connectivity index (χ2v) is 5.75. The minimum absolute atomic E-state index is 0.0413. The van der Waals surface area contributed by atoms with Crippen molar-refractivity contribution in [3.8, 4) is 0 Å². The predicted molar refractivity (Wildman–Crippen MR) is 72.4 cm³/mol. The summed E-state index contributed by atoms with van der Waals surface area (Å²) in [4.78, 5) is 15.2. The van der Waals surface area contributed by atoms with Crippen molar-refractivity contribution in [3.05, 3.63) is 30.0 Å². The molecule has 0 spiro atoms. The Morgan fingerprint density at radius 2 is 2.17 bits per heavy atom. The zero-order valence-corrected chi connectivity index (χ0v) is 10.6. The number of fused-ring (bicyclic) bond motifs is 1.